The fraction of sp³-hybridized carbons (Fsp3) is 0.583. The predicted octanol–water partition coefficient (Wildman–Crippen LogP) is 1.31. The van der Waals surface area contributed by atoms with Crippen molar-refractivity contribution in [2.24, 2.45) is 0 Å². The summed E-state index contributed by atoms with van der Waals surface area (Å²) in [6.45, 7) is 2.02. The monoisotopic (exact) mass is 254 g/mol. The summed E-state index contributed by atoms with van der Waals surface area (Å²) in [5.41, 5.74) is 0.954. The number of hydrogen-bond donors (Lipinski definition) is 1. The molecule has 2 atom stereocenters. The summed E-state index contributed by atoms with van der Waals surface area (Å²) in [5, 5.41) is 3.35. The van der Waals surface area contributed by atoms with Crippen molar-refractivity contribution in [2.45, 2.75) is 31.8 Å². The lowest BCUT2D eigenvalue weighted by atomic mass is 10.1. The zero-order chi connectivity index (χ0) is 12.3. The molecule has 0 bridgehead atoms. The second-order valence-corrected chi connectivity index (χ2v) is 6.83. The molecule has 1 saturated heterocycles. The van der Waals surface area contributed by atoms with E-state index < -0.39 is 9.84 Å². The molecule has 94 valence electrons. The molecule has 0 aromatic carbocycles. The quantitative estimate of drug-likeness (QED) is 0.883. The largest absolute Gasteiger partial charge is 0.305 e. The molecule has 0 saturated carbocycles. The molecule has 1 unspecified atom stereocenters. The molecule has 1 aromatic heterocycles. The van der Waals surface area contributed by atoms with Crippen LogP contribution < -0.4 is 5.32 Å². The van der Waals surface area contributed by atoms with Crippen LogP contribution in [0.15, 0.2) is 24.4 Å². The lowest BCUT2D eigenvalue weighted by molar-refractivity contribution is 0.433. The first kappa shape index (κ1) is 12.5. The third kappa shape index (κ3) is 3.51. The first-order chi connectivity index (χ1) is 8.07. The summed E-state index contributed by atoms with van der Waals surface area (Å²) in [6, 6.07) is 5.93. The molecule has 5 heteroatoms. The van der Waals surface area contributed by atoms with Gasteiger partial charge in [0.1, 0.15) is 0 Å². The molecule has 2 rings (SSSR count). The van der Waals surface area contributed by atoms with Crippen LogP contribution in [0, 0.1) is 0 Å². The minimum absolute atomic E-state index is 0.0609. The Morgan fingerprint density at radius 1 is 1.47 bits per heavy atom. The van der Waals surface area contributed by atoms with Crippen LogP contribution in [0.1, 0.15) is 31.5 Å². The van der Waals surface area contributed by atoms with Crippen molar-refractivity contribution in [1.29, 1.82) is 0 Å². The van der Waals surface area contributed by atoms with Gasteiger partial charge in [0.15, 0.2) is 9.84 Å². The van der Waals surface area contributed by atoms with Crippen LogP contribution in [0.4, 0.5) is 0 Å². The van der Waals surface area contributed by atoms with E-state index in [-0.39, 0.29) is 17.8 Å². The van der Waals surface area contributed by atoms with Gasteiger partial charge in [-0.15, -0.1) is 0 Å². The van der Waals surface area contributed by atoms with Gasteiger partial charge in [0.05, 0.1) is 17.2 Å². The Labute approximate surface area is 102 Å². The maximum absolute atomic E-state index is 11.5. The number of sulfone groups is 1. The summed E-state index contributed by atoms with van der Waals surface area (Å²) >= 11 is 0. The smallest absolute Gasteiger partial charge is 0.151 e. The Kier molecular flexibility index (Phi) is 3.79. The first-order valence-corrected chi connectivity index (χ1v) is 7.76. The first-order valence-electron chi connectivity index (χ1n) is 5.94. The highest BCUT2D eigenvalue weighted by atomic mass is 32.2. The second kappa shape index (κ2) is 5.14. The molecule has 0 radical (unpaired) electrons. The number of rotatable bonds is 3. The minimum atomic E-state index is -2.84. The topological polar surface area (TPSA) is 59.1 Å². The van der Waals surface area contributed by atoms with Crippen molar-refractivity contribution < 1.29 is 8.42 Å². The van der Waals surface area contributed by atoms with Gasteiger partial charge in [-0.1, -0.05) is 6.07 Å². The fourth-order valence-electron chi connectivity index (χ4n) is 2.23. The molecule has 17 heavy (non-hydrogen) atoms. The summed E-state index contributed by atoms with van der Waals surface area (Å²) < 4.78 is 23.0. The van der Waals surface area contributed by atoms with Gasteiger partial charge in [0.2, 0.25) is 0 Å². The van der Waals surface area contributed by atoms with Crippen molar-refractivity contribution >= 4 is 9.84 Å². The molecule has 1 aliphatic heterocycles. The molecule has 4 nitrogen and oxygen atoms in total. The van der Waals surface area contributed by atoms with Crippen molar-refractivity contribution in [1.82, 2.24) is 10.3 Å². The lowest BCUT2D eigenvalue weighted by Gasteiger charge is -2.26. The normalized spacial score (nSPS) is 25.4. The van der Waals surface area contributed by atoms with Gasteiger partial charge >= 0.3 is 0 Å². The molecule has 0 amide bonds. The highest BCUT2D eigenvalue weighted by molar-refractivity contribution is 7.91. The third-order valence-corrected chi connectivity index (χ3v) is 4.90. The van der Waals surface area contributed by atoms with Crippen LogP contribution in [0.5, 0.6) is 0 Å². The SMILES string of the molecule is C[C@@H](NC1CCCS(=O)(=O)C1)c1ccccn1. The van der Waals surface area contributed by atoms with Crippen LogP contribution in [0.2, 0.25) is 0 Å². The fourth-order valence-corrected chi connectivity index (χ4v) is 3.87. The number of pyridine rings is 1. The van der Waals surface area contributed by atoms with E-state index in [4.69, 9.17) is 0 Å². The summed E-state index contributed by atoms with van der Waals surface area (Å²) in [6.07, 6.45) is 3.44. The van der Waals surface area contributed by atoms with Crippen molar-refractivity contribution in [3.05, 3.63) is 30.1 Å². The van der Waals surface area contributed by atoms with Gasteiger partial charge < -0.3 is 5.32 Å². The molecule has 1 aromatic rings. The summed E-state index contributed by atoms with van der Waals surface area (Å²) in [5.74, 6) is 0.591. The van der Waals surface area contributed by atoms with E-state index in [0.717, 1.165) is 18.5 Å². The highest BCUT2D eigenvalue weighted by Crippen LogP contribution is 2.16. The summed E-state index contributed by atoms with van der Waals surface area (Å²) in [7, 11) is -2.84. The van der Waals surface area contributed by atoms with Crippen molar-refractivity contribution in [3.63, 3.8) is 0 Å². The molecular weight excluding hydrogens is 236 g/mol. The highest BCUT2D eigenvalue weighted by Gasteiger charge is 2.25. The molecule has 1 N–H and O–H groups in total. The standard InChI is InChI=1S/C12H18N2O2S/c1-10(12-6-2-3-7-13-12)14-11-5-4-8-17(15,16)9-11/h2-3,6-7,10-11,14H,4-5,8-9H2,1H3/t10-,11?/m1/s1. The molecular formula is C12H18N2O2S. The van der Waals surface area contributed by atoms with Crippen LogP contribution in [0.3, 0.4) is 0 Å². The Morgan fingerprint density at radius 2 is 2.29 bits per heavy atom. The molecule has 1 fully saturated rings. The van der Waals surface area contributed by atoms with E-state index >= 15 is 0 Å². The van der Waals surface area contributed by atoms with Gasteiger partial charge in [-0.05, 0) is 31.9 Å². The van der Waals surface area contributed by atoms with E-state index in [2.05, 4.69) is 10.3 Å². The Bertz CT molecular complexity index is 459. The number of nitrogens with zero attached hydrogens (tertiary/aromatic N) is 1. The maximum atomic E-state index is 11.5. The predicted molar refractivity (Wildman–Crippen MR) is 67.5 cm³/mol. The maximum Gasteiger partial charge on any atom is 0.151 e. The molecule has 0 spiro atoms. The Balaban J connectivity index is 1.97. The second-order valence-electron chi connectivity index (χ2n) is 4.60. The van der Waals surface area contributed by atoms with E-state index in [9.17, 15) is 8.42 Å². The molecule has 0 aliphatic carbocycles. The van der Waals surface area contributed by atoms with Crippen LogP contribution in [-0.4, -0.2) is 30.9 Å². The zero-order valence-corrected chi connectivity index (χ0v) is 10.8. The number of hydrogen-bond acceptors (Lipinski definition) is 4. The molecule has 1 aliphatic rings. The van der Waals surface area contributed by atoms with E-state index in [0.29, 0.717) is 5.75 Å². The Morgan fingerprint density at radius 3 is 2.94 bits per heavy atom. The lowest BCUT2D eigenvalue weighted by Crippen LogP contribution is -2.41. The van der Waals surface area contributed by atoms with Gasteiger partial charge in [0, 0.05) is 18.3 Å². The van der Waals surface area contributed by atoms with Crippen molar-refractivity contribution in [3.8, 4) is 0 Å². The third-order valence-electron chi connectivity index (χ3n) is 3.08. The minimum Gasteiger partial charge on any atom is -0.305 e. The van der Waals surface area contributed by atoms with Crippen molar-refractivity contribution in [2.75, 3.05) is 11.5 Å². The van der Waals surface area contributed by atoms with Crippen LogP contribution >= 0.6 is 0 Å². The van der Waals surface area contributed by atoms with E-state index in [1.54, 1.807) is 6.20 Å². The van der Waals surface area contributed by atoms with Gasteiger partial charge in [-0.25, -0.2) is 8.42 Å². The average Bonchev–Trinajstić information content (AvgIpc) is 2.29. The van der Waals surface area contributed by atoms with E-state index in [1.807, 2.05) is 25.1 Å². The molecule has 2 heterocycles. The van der Waals surface area contributed by atoms with Crippen LogP contribution in [-0.2, 0) is 9.84 Å². The zero-order valence-electron chi connectivity index (χ0n) is 9.96. The summed E-state index contributed by atoms with van der Waals surface area (Å²) in [4.78, 5) is 4.27. The van der Waals surface area contributed by atoms with Gasteiger partial charge in [-0.3, -0.25) is 4.98 Å². The van der Waals surface area contributed by atoms with Gasteiger partial charge in [-0.2, -0.15) is 0 Å². The number of aromatic nitrogens is 1. The average molecular weight is 254 g/mol. The van der Waals surface area contributed by atoms with Gasteiger partial charge in [0.25, 0.3) is 0 Å². The van der Waals surface area contributed by atoms with E-state index in [1.165, 1.54) is 0 Å². The Hall–Kier alpha value is -0.940. The van der Waals surface area contributed by atoms with Crippen LogP contribution in [0.25, 0.3) is 0 Å². The number of nitrogens with one attached hydrogen (secondary N) is 1.